The number of benzene rings is 1. The maximum Gasteiger partial charge on any atom is 0.303 e. The van der Waals surface area contributed by atoms with Crippen molar-refractivity contribution in [3.63, 3.8) is 0 Å². The summed E-state index contributed by atoms with van der Waals surface area (Å²) in [5.41, 5.74) is 1.68. The highest BCUT2D eigenvalue weighted by Crippen LogP contribution is 2.15. The van der Waals surface area contributed by atoms with Crippen LogP contribution < -0.4 is 5.32 Å². The van der Waals surface area contributed by atoms with E-state index in [1.165, 1.54) is 23.5 Å². The second-order valence-corrected chi connectivity index (χ2v) is 6.36. The molecule has 0 unspecified atom stereocenters. The van der Waals surface area contributed by atoms with Crippen LogP contribution in [0.5, 0.6) is 0 Å². The molecule has 0 spiro atoms. The number of amides is 1. The number of aliphatic carboxylic acids is 1. The third-order valence-corrected chi connectivity index (χ3v) is 4.25. The Bertz CT molecular complexity index is 685. The second kappa shape index (κ2) is 9.12. The number of carboxylic acids is 1. The Balaban J connectivity index is 1.73. The summed E-state index contributed by atoms with van der Waals surface area (Å²) in [5.74, 6) is -1.21. The Labute approximate surface area is 143 Å². The predicted octanol–water partition coefficient (Wildman–Crippen LogP) is 2.79. The van der Waals surface area contributed by atoms with Crippen molar-refractivity contribution >= 4 is 23.2 Å². The quantitative estimate of drug-likeness (QED) is 0.682. The van der Waals surface area contributed by atoms with E-state index in [0.717, 1.165) is 10.6 Å². The SMILES string of the molecule is O=C(O)CCCCNC(=O)Cc1csc(Cc2ccc(F)cc2)n1. The first-order valence-electron chi connectivity index (χ1n) is 7.69. The van der Waals surface area contributed by atoms with Gasteiger partial charge in [-0.15, -0.1) is 11.3 Å². The normalized spacial score (nSPS) is 10.5. The molecule has 0 aliphatic carbocycles. The van der Waals surface area contributed by atoms with E-state index in [0.29, 0.717) is 31.5 Å². The fourth-order valence-electron chi connectivity index (χ4n) is 2.14. The largest absolute Gasteiger partial charge is 0.481 e. The highest BCUT2D eigenvalue weighted by molar-refractivity contribution is 7.09. The molecule has 7 heteroatoms. The molecule has 2 rings (SSSR count). The second-order valence-electron chi connectivity index (χ2n) is 5.41. The Morgan fingerprint density at radius 1 is 1.21 bits per heavy atom. The number of hydrogen-bond acceptors (Lipinski definition) is 4. The summed E-state index contributed by atoms with van der Waals surface area (Å²) >= 11 is 1.48. The number of halogens is 1. The van der Waals surface area contributed by atoms with Crippen molar-refractivity contribution < 1.29 is 19.1 Å². The van der Waals surface area contributed by atoms with Crippen LogP contribution in [0.2, 0.25) is 0 Å². The van der Waals surface area contributed by atoms with Gasteiger partial charge in [0, 0.05) is 24.8 Å². The minimum absolute atomic E-state index is 0.120. The lowest BCUT2D eigenvalue weighted by Crippen LogP contribution is -2.26. The number of carboxylic acid groups (broad SMARTS) is 1. The van der Waals surface area contributed by atoms with E-state index in [1.807, 2.05) is 5.38 Å². The molecule has 0 radical (unpaired) electrons. The summed E-state index contributed by atoms with van der Waals surface area (Å²) in [6.45, 7) is 0.471. The summed E-state index contributed by atoms with van der Waals surface area (Å²) in [5, 5.41) is 14.0. The van der Waals surface area contributed by atoms with Crippen LogP contribution in [0.15, 0.2) is 29.6 Å². The number of thiazole rings is 1. The number of rotatable bonds is 9. The molecule has 0 aliphatic heterocycles. The zero-order chi connectivity index (χ0) is 17.4. The molecule has 0 fully saturated rings. The van der Waals surface area contributed by atoms with Gasteiger partial charge in [-0.2, -0.15) is 0 Å². The number of aromatic nitrogens is 1. The standard InChI is InChI=1S/C17H19FN2O3S/c18-13-6-4-12(5-7-13)9-16-20-14(11-24-16)10-15(21)19-8-2-1-3-17(22)23/h4-7,11H,1-3,8-10H2,(H,19,21)(H,22,23). The highest BCUT2D eigenvalue weighted by Gasteiger charge is 2.08. The average Bonchev–Trinajstić information content (AvgIpc) is 2.96. The molecule has 0 saturated heterocycles. The van der Waals surface area contributed by atoms with Crippen LogP contribution in [0.25, 0.3) is 0 Å². The molecule has 0 bridgehead atoms. The first-order valence-corrected chi connectivity index (χ1v) is 8.57. The summed E-state index contributed by atoms with van der Waals surface area (Å²) in [6, 6.07) is 6.28. The molecule has 0 saturated carbocycles. The average molecular weight is 350 g/mol. The first kappa shape index (κ1) is 18.1. The Morgan fingerprint density at radius 2 is 1.96 bits per heavy atom. The van der Waals surface area contributed by atoms with Gasteiger partial charge in [0.25, 0.3) is 0 Å². The fourth-order valence-corrected chi connectivity index (χ4v) is 2.97. The number of nitrogens with zero attached hydrogens (tertiary/aromatic N) is 1. The molecule has 2 N–H and O–H groups in total. The lowest BCUT2D eigenvalue weighted by molar-refractivity contribution is -0.137. The molecule has 1 heterocycles. The number of hydrogen-bond donors (Lipinski definition) is 2. The van der Waals surface area contributed by atoms with Crippen molar-refractivity contribution in [3.8, 4) is 0 Å². The van der Waals surface area contributed by atoms with E-state index in [9.17, 15) is 14.0 Å². The fraction of sp³-hybridized carbons (Fsp3) is 0.353. The molecule has 1 amide bonds. The molecule has 5 nitrogen and oxygen atoms in total. The molecule has 1 aromatic carbocycles. The summed E-state index contributed by atoms with van der Waals surface area (Å²) in [6.07, 6.45) is 2.13. The molecule has 2 aromatic rings. The van der Waals surface area contributed by atoms with Crippen molar-refractivity contribution in [2.75, 3.05) is 6.54 Å². The van der Waals surface area contributed by atoms with E-state index < -0.39 is 5.97 Å². The van der Waals surface area contributed by atoms with Gasteiger partial charge in [-0.3, -0.25) is 9.59 Å². The van der Waals surface area contributed by atoms with Gasteiger partial charge in [-0.05, 0) is 30.5 Å². The van der Waals surface area contributed by atoms with E-state index >= 15 is 0 Å². The van der Waals surface area contributed by atoms with Crippen LogP contribution in [0.4, 0.5) is 4.39 Å². The lowest BCUT2D eigenvalue weighted by atomic mass is 10.1. The smallest absolute Gasteiger partial charge is 0.303 e. The van der Waals surface area contributed by atoms with E-state index in [4.69, 9.17) is 5.11 Å². The third-order valence-electron chi connectivity index (χ3n) is 3.35. The lowest BCUT2D eigenvalue weighted by Gasteiger charge is -2.03. The van der Waals surface area contributed by atoms with Crippen LogP contribution in [-0.2, 0) is 22.4 Å². The Kier molecular flexibility index (Phi) is 6.87. The maximum absolute atomic E-state index is 12.9. The molecule has 0 aliphatic rings. The van der Waals surface area contributed by atoms with Crippen LogP contribution in [0.3, 0.4) is 0 Å². The van der Waals surface area contributed by atoms with Crippen LogP contribution in [0.1, 0.15) is 35.5 Å². The summed E-state index contributed by atoms with van der Waals surface area (Å²) < 4.78 is 12.9. The molecule has 0 atom stereocenters. The summed E-state index contributed by atoms with van der Waals surface area (Å²) in [7, 11) is 0. The zero-order valence-electron chi connectivity index (χ0n) is 13.1. The van der Waals surface area contributed by atoms with Crippen molar-refractivity contribution in [2.45, 2.75) is 32.1 Å². The molecule has 128 valence electrons. The van der Waals surface area contributed by atoms with Gasteiger partial charge in [-0.1, -0.05) is 12.1 Å². The monoisotopic (exact) mass is 350 g/mol. The number of unbranched alkanes of at least 4 members (excludes halogenated alkanes) is 1. The van der Waals surface area contributed by atoms with Gasteiger partial charge in [0.2, 0.25) is 5.91 Å². The zero-order valence-corrected chi connectivity index (χ0v) is 13.9. The van der Waals surface area contributed by atoms with E-state index in [1.54, 1.807) is 12.1 Å². The number of carbonyl (C=O) groups excluding carboxylic acids is 1. The van der Waals surface area contributed by atoms with E-state index in [-0.39, 0.29) is 24.6 Å². The van der Waals surface area contributed by atoms with Crippen LogP contribution in [0, 0.1) is 5.82 Å². The molecular formula is C17H19FN2O3S. The van der Waals surface area contributed by atoms with Gasteiger partial charge >= 0.3 is 5.97 Å². The Morgan fingerprint density at radius 3 is 2.67 bits per heavy atom. The van der Waals surface area contributed by atoms with Crippen LogP contribution in [-0.4, -0.2) is 28.5 Å². The van der Waals surface area contributed by atoms with Gasteiger partial charge < -0.3 is 10.4 Å². The topological polar surface area (TPSA) is 79.3 Å². The minimum atomic E-state index is -0.822. The minimum Gasteiger partial charge on any atom is -0.481 e. The van der Waals surface area contributed by atoms with Gasteiger partial charge in [0.1, 0.15) is 5.82 Å². The number of nitrogens with one attached hydrogen (secondary N) is 1. The van der Waals surface area contributed by atoms with E-state index in [2.05, 4.69) is 10.3 Å². The van der Waals surface area contributed by atoms with Crippen LogP contribution >= 0.6 is 11.3 Å². The van der Waals surface area contributed by atoms with Gasteiger partial charge in [-0.25, -0.2) is 9.37 Å². The third kappa shape index (κ3) is 6.45. The number of carbonyl (C=O) groups is 2. The van der Waals surface area contributed by atoms with Crippen molar-refractivity contribution in [1.82, 2.24) is 10.3 Å². The molecule has 24 heavy (non-hydrogen) atoms. The van der Waals surface area contributed by atoms with Gasteiger partial charge in [0.05, 0.1) is 17.1 Å². The highest BCUT2D eigenvalue weighted by atomic mass is 32.1. The molecule has 1 aromatic heterocycles. The van der Waals surface area contributed by atoms with Crippen molar-refractivity contribution in [1.29, 1.82) is 0 Å². The molecular weight excluding hydrogens is 331 g/mol. The van der Waals surface area contributed by atoms with Crippen molar-refractivity contribution in [3.05, 3.63) is 51.7 Å². The predicted molar refractivity (Wildman–Crippen MR) is 89.5 cm³/mol. The van der Waals surface area contributed by atoms with Crippen molar-refractivity contribution in [2.24, 2.45) is 0 Å². The summed E-state index contributed by atoms with van der Waals surface area (Å²) in [4.78, 5) is 26.6. The van der Waals surface area contributed by atoms with Gasteiger partial charge in [0.15, 0.2) is 0 Å². The maximum atomic E-state index is 12.9. The first-order chi connectivity index (χ1) is 11.5. The Hall–Kier alpha value is -2.28.